The SMILES string of the molecule is CCCc1ccc(C(C)Nc2cnn(CC)c2)cc1. The van der Waals surface area contributed by atoms with Crippen LogP contribution in [0.25, 0.3) is 0 Å². The Bertz CT molecular complexity index is 499. The fourth-order valence-electron chi connectivity index (χ4n) is 2.21. The van der Waals surface area contributed by atoms with Crippen molar-refractivity contribution in [2.45, 2.75) is 46.2 Å². The van der Waals surface area contributed by atoms with Crippen LogP contribution in [0.2, 0.25) is 0 Å². The molecule has 0 saturated heterocycles. The molecule has 0 spiro atoms. The van der Waals surface area contributed by atoms with E-state index in [-0.39, 0.29) is 0 Å². The summed E-state index contributed by atoms with van der Waals surface area (Å²) in [6, 6.07) is 9.18. The van der Waals surface area contributed by atoms with Gasteiger partial charge in [0.25, 0.3) is 0 Å². The van der Waals surface area contributed by atoms with Gasteiger partial charge in [-0.1, -0.05) is 37.6 Å². The summed E-state index contributed by atoms with van der Waals surface area (Å²) in [5, 5.41) is 7.76. The fraction of sp³-hybridized carbons (Fsp3) is 0.438. The van der Waals surface area contributed by atoms with Gasteiger partial charge in [0, 0.05) is 18.8 Å². The number of nitrogens with zero attached hydrogens (tertiary/aromatic N) is 2. The van der Waals surface area contributed by atoms with E-state index in [1.54, 1.807) is 0 Å². The highest BCUT2D eigenvalue weighted by atomic mass is 15.3. The Labute approximate surface area is 115 Å². The molecular weight excluding hydrogens is 234 g/mol. The minimum Gasteiger partial charge on any atom is -0.376 e. The molecule has 1 aromatic heterocycles. The largest absolute Gasteiger partial charge is 0.376 e. The van der Waals surface area contributed by atoms with Crippen LogP contribution in [0.4, 0.5) is 5.69 Å². The van der Waals surface area contributed by atoms with E-state index in [2.05, 4.69) is 55.5 Å². The van der Waals surface area contributed by atoms with Crippen LogP contribution in [0.1, 0.15) is 44.4 Å². The standard InChI is InChI=1S/C16H23N3/c1-4-6-14-7-9-15(10-8-14)13(3)18-16-11-17-19(5-2)12-16/h7-13,18H,4-6H2,1-3H3. The molecule has 3 heteroatoms. The van der Waals surface area contributed by atoms with Crippen molar-refractivity contribution in [2.24, 2.45) is 0 Å². The number of rotatable bonds is 6. The Morgan fingerprint density at radius 2 is 1.95 bits per heavy atom. The van der Waals surface area contributed by atoms with Crippen molar-refractivity contribution in [2.75, 3.05) is 5.32 Å². The molecule has 0 aliphatic carbocycles. The van der Waals surface area contributed by atoms with Gasteiger partial charge in [-0.3, -0.25) is 4.68 Å². The lowest BCUT2D eigenvalue weighted by molar-refractivity contribution is 0.660. The van der Waals surface area contributed by atoms with Gasteiger partial charge in [0.2, 0.25) is 0 Å². The van der Waals surface area contributed by atoms with E-state index in [4.69, 9.17) is 0 Å². The van der Waals surface area contributed by atoms with Crippen molar-refractivity contribution >= 4 is 5.69 Å². The van der Waals surface area contributed by atoms with E-state index in [1.165, 1.54) is 17.5 Å². The Balaban J connectivity index is 2.00. The fourth-order valence-corrected chi connectivity index (χ4v) is 2.21. The number of hydrogen-bond donors (Lipinski definition) is 1. The molecule has 0 aliphatic rings. The first-order chi connectivity index (χ1) is 9.22. The van der Waals surface area contributed by atoms with E-state index < -0.39 is 0 Å². The Morgan fingerprint density at radius 3 is 2.53 bits per heavy atom. The van der Waals surface area contributed by atoms with E-state index in [9.17, 15) is 0 Å². The first-order valence-electron chi connectivity index (χ1n) is 7.10. The summed E-state index contributed by atoms with van der Waals surface area (Å²) in [5.74, 6) is 0. The molecule has 2 rings (SSSR count). The summed E-state index contributed by atoms with van der Waals surface area (Å²) in [7, 11) is 0. The van der Waals surface area contributed by atoms with Crippen LogP contribution in [0.3, 0.4) is 0 Å². The second-order valence-corrected chi connectivity index (χ2v) is 4.94. The van der Waals surface area contributed by atoms with Crippen LogP contribution in [0.5, 0.6) is 0 Å². The minimum absolute atomic E-state index is 0.296. The summed E-state index contributed by atoms with van der Waals surface area (Å²) >= 11 is 0. The first-order valence-corrected chi connectivity index (χ1v) is 7.10. The molecule has 2 aromatic rings. The van der Waals surface area contributed by atoms with Gasteiger partial charge in [0.05, 0.1) is 11.9 Å². The zero-order valence-electron chi connectivity index (χ0n) is 12.1. The van der Waals surface area contributed by atoms with Gasteiger partial charge in [-0.25, -0.2) is 0 Å². The van der Waals surface area contributed by atoms with Crippen LogP contribution >= 0.6 is 0 Å². The lowest BCUT2D eigenvalue weighted by atomic mass is 10.0. The quantitative estimate of drug-likeness (QED) is 0.846. The Morgan fingerprint density at radius 1 is 1.21 bits per heavy atom. The van der Waals surface area contributed by atoms with Crippen LogP contribution in [-0.4, -0.2) is 9.78 Å². The topological polar surface area (TPSA) is 29.9 Å². The maximum absolute atomic E-state index is 4.27. The van der Waals surface area contributed by atoms with E-state index >= 15 is 0 Å². The lowest BCUT2D eigenvalue weighted by Crippen LogP contribution is -2.06. The van der Waals surface area contributed by atoms with Crippen molar-refractivity contribution < 1.29 is 0 Å². The highest BCUT2D eigenvalue weighted by Crippen LogP contribution is 2.19. The molecule has 0 aliphatic heterocycles. The third kappa shape index (κ3) is 3.60. The molecule has 1 atom stereocenters. The highest BCUT2D eigenvalue weighted by Gasteiger charge is 2.06. The number of hydrogen-bond acceptors (Lipinski definition) is 2. The van der Waals surface area contributed by atoms with Crippen LogP contribution in [0.15, 0.2) is 36.7 Å². The smallest absolute Gasteiger partial charge is 0.0731 e. The molecule has 1 aromatic carbocycles. The molecule has 19 heavy (non-hydrogen) atoms. The van der Waals surface area contributed by atoms with Crippen LogP contribution in [-0.2, 0) is 13.0 Å². The van der Waals surface area contributed by atoms with Gasteiger partial charge in [0.15, 0.2) is 0 Å². The molecule has 1 heterocycles. The molecule has 102 valence electrons. The molecule has 0 bridgehead atoms. The predicted molar refractivity (Wildman–Crippen MR) is 80.4 cm³/mol. The summed E-state index contributed by atoms with van der Waals surface area (Å²) in [4.78, 5) is 0. The van der Waals surface area contributed by atoms with Gasteiger partial charge in [-0.05, 0) is 31.4 Å². The van der Waals surface area contributed by atoms with Crippen molar-refractivity contribution in [3.63, 3.8) is 0 Å². The molecule has 3 nitrogen and oxygen atoms in total. The Hall–Kier alpha value is -1.77. The average molecular weight is 257 g/mol. The van der Waals surface area contributed by atoms with Crippen molar-refractivity contribution in [3.05, 3.63) is 47.8 Å². The van der Waals surface area contributed by atoms with Crippen LogP contribution < -0.4 is 5.32 Å². The zero-order chi connectivity index (χ0) is 13.7. The normalized spacial score (nSPS) is 12.4. The molecule has 0 fully saturated rings. The number of aryl methyl sites for hydroxylation is 2. The second-order valence-electron chi connectivity index (χ2n) is 4.94. The summed E-state index contributed by atoms with van der Waals surface area (Å²) in [5.41, 5.74) is 3.80. The second kappa shape index (κ2) is 6.41. The van der Waals surface area contributed by atoms with Gasteiger partial charge in [-0.15, -0.1) is 0 Å². The number of anilines is 1. The monoisotopic (exact) mass is 257 g/mol. The molecule has 1 N–H and O–H groups in total. The van der Waals surface area contributed by atoms with Gasteiger partial charge in [-0.2, -0.15) is 5.10 Å². The average Bonchev–Trinajstić information content (AvgIpc) is 2.87. The summed E-state index contributed by atoms with van der Waals surface area (Å²) in [6.45, 7) is 7.38. The molecular formula is C16H23N3. The lowest BCUT2D eigenvalue weighted by Gasteiger charge is -2.14. The number of benzene rings is 1. The third-order valence-corrected chi connectivity index (χ3v) is 3.36. The molecule has 0 radical (unpaired) electrons. The summed E-state index contributed by atoms with van der Waals surface area (Å²) in [6.07, 6.45) is 6.28. The van der Waals surface area contributed by atoms with Gasteiger partial charge in [0.1, 0.15) is 0 Å². The minimum atomic E-state index is 0.296. The van der Waals surface area contributed by atoms with E-state index in [0.29, 0.717) is 6.04 Å². The highest BCUT2D eigenvalue weighted by molar-refractivity contribution is 5.41. The van der Waals surface area contributed by atoms with E-state index in [0.717, 1.165) is 18.7 Å². The van der Waals surface area contributed by atoms with Crippen molar-refractivity contribution in [1.29, 1.82) is 0 Å². The third-order valence-electron chi connectivity index (χ3n) is 3.36. The number of aromatic nitrogens is 2. The van der Waals surface area contributed by atoms with Gasteiger partial charge < -0.3 is 5.32 Å². The summed E-state index contributed by atoms with van der Waals surface area (Å²) < 4.78 is 1.93. The molecule has 0 amide bonds. The predicted octanol–water partition coefficient (Wildman–Crippen LogP) is 4.03. The van der Waals surface area contributed by atoms with E-state index in [1.807, 2.05) is 17.1 Å². The first kappa shape index (κ1) is 13.7. The maximum atomic E-state index is 4.27. The maximum Gasteiger partial charge on any atom is 0.0731 e. The zero-order valence-corrected chi connectivity index (χ0v) is 12.1. The van der Waals surface area contributed by atoms with Gasteiger partial charge >= 0.3 is 0 Å². The molecule has 1 unspecified atom stereocenters. The van der Waals surface area contributed by atoms with Crippen molar-refractivity contribution in [1.82, 2.24) is 9.78 Å². The number of nitrogens with one attached hydrogen (secondary N) is 1. The van der Waals surface area contributed by atoms with Crippen LogP contribution in [0, 0.1) is 0 Å². The van der Waals surface area contributed by atoms with Crippen molar-refractivity contribution in [3.8, 4) is 0 Å². The Kier molecular flexibility index (Phi) is 4.61. The molecule has 0 saturated carbocycles.